The number of nitrogens with zero attached hydrogens (tertiary/aromatic N) is 2. The van der Waals surface area contributed by atoms with Gasteiger partial charge < -0.3 is 20.4 Å². The van der Waals surface area contributed by atoms with Crippen LogP contribution < -0.4 is 0 Å². The quantitative estimate of drug-likeness (QED) is 0.447. The molecule has 0 amide bonds. The molecule has 4 N–H and O–H groups in total. The number of aliphatic hydroxyl groups excluding tert-OH is 4. The van der Waals surface area contributed by atoms with Crippen LogP contribution in [-0.4, -0.2) is 94.9 Å². The van der Waals surface area contributed by atoms with E-state index in [0.717, 1.165) is 0 Å². The molecule has 0 radical (unpaired) electrons. The van der Waals surface area contributed by atoms with Crippen molar-refractivity contribution in [2.24, 2.45) is 0 Å². The van der Waals surface area contributed by atoms with E-state index in [2.05, 4.69) is 0 Å². The van der Waals surface area contributed by atoms with Gasteiger partial charge in [-0.15, -0.1) is 0 Å². The lowest BCUT2D eigenvalue weighted by Crippen LogP contribution is -2.56. The molecule has 0 spiro atoms. The molecule has 1 saturated carbocycles. The van der Waals surface area contributed by atoms with Crippen LogP contribution in [0.2, 0.25) is 0 Å². The molecule has 6 heteroatoms. The summed E-state index contributed by atoms with van der Waals surface area (Å²) in [4.78, 5) is 3.77. The summed E-state index contributed by atoms with van der Waals surface area (Å²) in [6, 6.07) is -0.239. The molecule has 0 aromatic carbocycles. The third-order valence-corrected chi connectivity index (χ3v) is 3.89. The lowest BCUT2D eigenvalue weighted by atomic mass is 9.84. The largest absolute Gasteiger partial charge is 0.395 e. The van der Waals surface area contributed by atoms with Gasteiger partial charge in [0, 0.05) is 25.2 Å². The molecular formula is C12H26N2O4. The van der Waals surface area contributed by atoms with Crippen molar-refractivity contribution in [3.8, 4) is 0 Å². The summed E-state index contributed by atoms with van der Waals surface area (Å²) in [6.07, 6.45) is -0.0666. The number of hydrogen-bond donors (Lipinski definition) is 4. The summed E-state index contributed by atoms with van der Waals surface area (Å²) < 4.78 is 0. The van der Waals surface area contributed by atoms with Crippen molar-refractivity contribution in [3.05, 3.63) is 0 Å². The van der Waals surface area contributed by atoms with Gasteiger partial charge in [0.25, 0.3) is 0 Å². The first-order valence-corrected chi connectivity index (χ1v) is 6.49. The fourth-order valence-electron chi connectivity index (χ4n) is 2.72. The van der Waals surface area contributed by atoms with Gasteiger partial charge in [0.1, 0.15) is 0 Å². The fourth-order valence-corrected chi connectivity index (χ4v) is 2.72. The van der Waals surface area contributed by atoms with Gasteiger partial charge in [0.15, 0.2) is 0 Å². The van der Waals surface area contributed by atoms with Crippen molar-refractivity contribution in [1.82, 2.24) is 9.80 Å². The Hall–Kier alpha value is -0.240. The first-order valence-electron chi connectivity index (χ1n) is 6.49. The van der Waals surface area contributed by atoms with E-state index in [9.17, 15) is 10.2 Å². The molecule has 1 aliphatic carbocycles. The second kappa shape index (κ2) is 7.37. The number of rotatable bonds is 6. The number of likely N-dealkylation sites (N-methyl/N-ethyl adjacent to an activating group) is 2. The van der Waals surface area contributed by atoms with Crippen LogP contribution in [0.1, 0.15) is 12.8 Å². The van der Waals surface area contributed by atoms with E-state index < -0.39 is 12.2 Å². The van der Waals surface area contributed by atoms with Crippen LogP contribution in [0, 0.1) is 0 Å². The Labute approximate surface area is 108 Å². The minimum absolute atomic E-state index is 0.0453. The minimum Gasteiger partial charge on any atom is -0.395 e. The van der Waals surface area contributed by atoms with E-state index >= 15 is 0 Å². The highest BCUT2D eigenvalue weighted by Crippen LogP contribution is 2.26. The first kappa shape index (κ1) is 15.8. The molecule has 0 saturated heterocycles. The Morgan fingerprint density at radius 3 is 1.44 bits per heavy atom. The van der Waals surface area contributed by atoms with E-state index in [4.69, 9.17) is 10.2 Å². The lowest BCUT2D eigenvalue weighted by Gasteiger charge is -2.44. The Morgan fingerprint density at radius 2 is 1.17 bits per heavy atom. The fraction of sp³-hybridized carbons (Fsp3) is 1.00. The maximum absolute atomic E-state index is 10.1. The summed E-state index contributed by atoms with van der Waals surface area (Å²) in [5, 5.41) is 38.1. The Kier molecular flexibility index (Phi) is 6.48. The van der Waals surface area contributed by atoms with Crippen LogP contribution in [0.25, 0.3) is 0 Å². The molecule has 4 atom stereocenters. The Morgan fingerprint density at radius 1 is 0.833 bits per heavy atom. The monoisotopic (exact) mass is 262 g/mol. The van der Waals surface area contributed by atoms with Crippen molar-refractivity contribution in [3.63, 3.8) is 0 Å². The van der Waals surface area contributed by atoms with E-state index in [1.165, 1.54) is 0 Å². The molecule has 1 rings (SSSR count). The highest BCUT2D eigenvalue weighted by atomic mass is 16.3. The molecule has 6 nitrogen and oxygen atoms in total. The SMILES string of the molecule is CN(CCO)C1CC(O)C(N(C)CCO)CC1O. The standard InChI is InChI=1S/C12H26N2O4/c1-13(3-5-15)9-7-12(18)10(8-11(9)17)14(2)4-6-16/h9-12,15-18H,3-8H2,1-2H3. The Balaban J connectivity index is 2.58. The maximum Gasteiger partial charge on any atom is 0.0712 e. The van der Waals surface area contributed by atoms with E-state index in [0.29, 0.717) is 25.9 Å². The van der Waals surface area contributed by atoms with Crippen LogP contribution in [0.3, 0.4) is 0 Å². The van der Waals surface area contributed by atoms with Gasteiger partial charge in [-0.25, -0.2) is 0 Å². The van der Waals surface area contributed by atoms with Gasteiger partial charge in [-0.1, -0.05) is 0 Å². The summed E-state index contributed by atoms with van der Waals surface area (Å²) >= 11 is 0. The third-order valence-electron chi connectivity index (χ3n) is 3.89. The van der Waals surface area contributed by atoms with Crippen LogP contribution in [0.15, 0.2) is 0 Å². The van der Waals surface area contributed by atoms with E-state index in [1.807, 2.05) is 23.9 Å². The number of aliphatic hydroxyl groups is 4. The predicted octanol–water partition coefficient (Wildman–Crippen LogP) is -1.91. The molecular weight excluding hydrogens is 236 g/mol. The predicted molar refractivity (Wildman–Crippen MR) is 68.3 cm³/mol. The van der Waals surface area contributed by atoms with Gasteiger partial charge in [-0.05, 0) is 26.9 Å². The highest BCUT2D eigenvalue weighted by Gasteiger charge is 2.38. The maximum atomic E-state index is 10.1. The highest BCUT2D eigenvalue weighted by molar-refractivity contribution is 4.94. The van der Waals surface area contributed by atoms with Crippen LogP contribution in [0.5, 0.6) is 0 Å². The average Bonchev–Trinajstić information content (AvgIpc) is 2.32. The second-order valence-electron chi connectivity index (χ2n) is 5.15. The molecule has 0 bridgehead atoms. The van der Waals surface area contributed by atoms with Crippen LogP contribution in [-0.2, 0) is 0 Å². The van der Waals surface area contributed by atoms with Crippen molar-refractivity contribution >= 4 is 0 Å². The second-order valence-corrected chi connectivity index (χ2v) is 5.15. The summed E-state index contributed by atoms with van der Waals surface area (Å²) in [7, 11) is 3.68. The average molecular weight is 262 g/mol. The van der Waals surface area contributed by atoms with E-state index in [1.54, 1.807) is 0 Å². The summed E-state index contributed by atoms with van der Waals surface area (Å²) in [5.74, 6) is 0. The zero-order chi connectivity index (χ0) is 13.7. The molecule has 4 unspecified atom stereocenters. The topological polar surface area (TPSA) is 87.4 Å². The molecule has 108 valence electrons. The van der Waals surface area contributed by atoms with Gasteiger partial charge in [0.05, 0.1) is 25.4 Å². The van der Waals surface area contributed by atoms with Gasteiger partial charge in [-0.3, -0.25) is 9.80 Å². The molecule has 0 heterocycles. The lowest BCUT2D eigenvalue weighted by molar-refractivity contribution is -0.0655. The molecule has 1 aliphatic rings. The van der Waals surface area contributed by atoms with E-state index in [-0.39, 0.29) is 25.3 Å². The number of hydrogen-bond acceptors (Lipinski definition) is 6. The van der Waals surface area contributed by atoms with Gasteiger partial charge in [0.2, 0.25) is 0 Å². The first-order chi connectivity index (χ1) is 8.51. The van der Waals surface area contributed by atoms with Crippen LogP contribution >= 0.6 is 0 Å². The zero-order valence-corrected chi connectivity index (χ0v) is 11.2. The van der Waals surface area contributed by atoms with Crippen molar-refractivity contribution in [2.75, 3.05) is 40.4 Å². The molecule has 0 aliphatic heterocycles. The zero-order valence-electron chi connectivity index (χ0n) is 11.2. The minimum atomic E-state index is -0.518. The third kappa shape index (κ3) is 3.88. The Bertz CT molecular complexity index is 218. The van der Waals surface area contributed by atoms with Crippen molar-refractivity contribution < 1.29 is 20.4 Å². The summed E-state index contributed by atoms with van der Waals surface area (Å²) in [5.41, 5.74) is 0. The smallest absolute Gasteiger partial charge is 0.0712 e. The molecule has 1 fully saturated rings. The van der Waals surface area contributed by atoms with Gasteiger partial charge in [-0.2, -0.15) is 0 Å². The molecule has 0 aromatic rings. The van der Waals surface area contributed by atoms with Gasteiger partial charge >= 0.3 is 0 Å². The van der Waals surface area contributed by atoms with Crippen LogP contribution in [0.4, 0.5) is 0 Å². The summed E-state index contributed by atoms with van der Waals surface area (Å²) in [6.45, 7) is 1.07. The van der Waals surface area contributed by atoms with Crippen molar-refractivity contribution in [2.45, 2.75) is 37.1 Å². The molecule has 0 aromatic heterocycles. The molecule has 18 heavy (non-hydrogen) atoms. The van der Waals surface area contributed by atoms with Crippen molar-refractivity contribution in [1.29, 1.82) is 0 Å². The normalized spacial score (nSPS) is 33.3.